The van der Waals surface area contributed by atoms with Crippen molar-refractivity contribution in [3.05, 3.63) is 39.8 Å². The first-order chi connectivity index (χ1) is 8.69. The molecule has 0 aromatic heterocycles. The van der Waals surface area contributed by atoms with E-state index in [2.05, 4.69) is 10.1 Å². The minimum atomic E-state index is -0.502. The minimum absolute atomic E-state index is 0.182. The fourth-order valence-electron chi connectivity index (χ4n) is 2.31. The lowest BCUT2D eigenvalue weighted by molar-refractivity contribution is -0.123. The Morgan fingerprint density at radius 1 is 1.39 bits per heavy atom. The summed E-state index contributed by atoms with van der Waals surface area (Å²) in [5.74, 6) is -0.685. The summed E-state index contributed by atoms with van der Waals surface area (Å²) in [6.45, 7) is 2.47. The molecule has 1 aliphatic rings. The molecule has 0 radical (unpaired) electrons. The van der Waals surface area contributed by atoms with Gasteiger partial charge < -0.3 is 0 Å². The fraction of sp³-hybridized carbons (Fsp3) is 0.462. The summed E-state index contributed by atoms with van der Waals surface area (Å²) in [5.41, 5.74) is 1.17. The van der Waals surface area contributed by atoms with Crippen molar-refractivity contribution in [2.45, 2.75) is 19.4 Å². The highest BCUT2D eigenvalue weighted by Crippen LogP contribution is 2.21. The third-order valence-corrected chi connectivity index (χ3v) is 3.56. The number of amides is 1. The zero-order valence-corrected chi connectivity index (χ0v) is 10.8. The number of hydrogen-bond donors (Lipinski definition) is 0. The van der Waals surface area contributed by atoms with Crippen LogP contribution in [0.1, 0.15) is 18.4 Å². The molecule has 0 unspecified atom stereocenters. The van der Waals surface area contributed by atoms with E-state index in [4.69, 9.17) is 11.6 Å². The van der Waals surface area contributed by atoms with Gasteiger partial charge in [-0.15, -0.1) is 4.91 Å². The highest BCUT2D eigenvalue weighted by molar-refractivity contribution is 6.30. The Kier molecular flexibility index (Phi) is 4.44. The molecule has 96 valence electrons. The monoisotopic (exact) mass is 266 g/mol. The molecule has 5 heteroatoms. The van der Waals surface area contributed by atoms with Crippen molar-refractivity contribution in [2.75, 3.05) is 13.1 Å². The molecule has 4 nitrogen and oxygen atoms in total. The molecule has 1 fully saturated rings. The van der Waals surface area contributed by atoms with Crippen LogP contribution in [0.5, 0.6) is 0 Å². The van der Waals surface area contributed by atoms with Gasteiger partial charge in [0, 0.05) is 22.7 Å². The molecule has 1 aromatic rings. The first kappa shape index (κ1) is 13.2. The second-order valence-electron chi connectivity index (χ2n) is 4.61. The van der Waals surface area contributed by atoms with Crippen molar-refractivity contribution >= 4 is 17.5 Å². The topological polar surface area (TPSA) is 49.7 Å². The van der Waals surface area contributed by atoms with Gasteiger partial charge in [-0.2, -0.15) is 0 Å². The van der Waals surface area contributed by atoms with Crippen LogP contribution in [0.15, 0.2) is 29.4 Å². The largest absolute Gasteiger partial charge is 0.299 e. The maximum Gasteiger partial charge on any atom is 0.289 e. The van der Waals surface area contributed by atoms with Crippen molar-refractivity contribution < 1.29 is 4.79 Å². The van der Waals surface area contributed by atoms with Gasteiger partial charge in [-0.05, 0) is 43.6 Å². The van der Waals surface area contributed by atoms with Crippen LogP contribution in [0.25, 0.3) is 0 Å². The van der Waals surface area contributed by atoms with Gasteiger partial charge in [0.1, 0.15) is 0 Å². The second-order valence-corrected chi connectivity index (χ2v) is 5.05. The summed E-state index contributed by atoms with van der Waals surface area (Å²) < 4.78 is 0. The molecule has 0 aliphatic carbocycles. The molecule has 0 atom stereocenters. The number of likely N-dealkylation sites (tertiary alicyclic amines) is 1. The Morgan fingerprint density at radius 2 is 2.11 bits per heavy atom. The van der Waals surface area contributed by atoms with Gasteiger partial charge in [-0.3, -0.25) is 9.69 Å². The highest BCUT2D eigenvalue weighted by atomic mass is 35.5. The zero-order chi connectivity index (χ0) is 13.0. The van der Waals surface area contributed by atoms with Gasteiger partial charge in [-0.1, -0.05) is 23.7 Å². The summed E-state index contributed by atoms with van der Waals surface area (Å²) in [4.78, 5) is 23.6. The zero-order valence-electron chi connectivity index (χ0n) is 10.0. The van der Waals surface area contributed by atoms with E-state index in [0.29, 0.717) is 12.8 Å². The molecule has 0 bridgehead atoms. The molecule has 0 N–H and O–H groups in total. The Balaban J connectivity index is 1.87. The van der Waals surface area contributed by atoms with E-state index >= 15 is 0 Å². The lowest BCUT2D eigenvalue weighted by Crippen LogP contribution is -2.35. The maximum absolute atomic E-state index is 11.2. The number of carbonyl (C=O) groups is 1. The normalized spacial score (nSPS) is 17.6. The second kappa shape index (κ2) is 6.07. The Morgan fingerprint density at radius 3 is 2.72 bits per heavy atom. The highest BCUT2D eigenvalue weighted by Gasteiger charge is 2.25. The van der Waals surface area contributed by atoms with E-state index in [1.165, 1.54) is 5.56 Å². The summed E-state index contributed by atoms with van der Waals surface area (Å²) >= 11 is 5.94. The fourth-order valence-corrected chi connectivity index (χ4v) is 2.52. The maximum atomic E-state index is 11.2. The van der Waals surface area contributed by atoms with E-state index in [1.807, 2.05) is 24.3 Å². The van der Waals surface area contributed by atoms with Gasteiger partial charge in [0.15, 0.2) is 0 Å². The van der Waals surface area contributed by atoms with Gasteiger partial charge >= 0.3 is 0 Å². The van der Waals surface area contributed by atoms with Crippen molar-refractivity contribution in [2.24, 2.45) is 11.1 Å². The summed E-state index contributed by atoms with van der Waals surface area (Å²) in [5, 5.41) is 3.25. The van der Waals surface area contributed by atoms with E-state index in [0.717, 1.165) is 24.7 Å². The number of nitroso groups, excluding NO2 is 1. The van der Waals surface area contributed by atoms with E-state index in [9.17, 15) is 9.70 Å². The number of piperidine rings is 1. The molecular formula is C13H15ClN2O2. The number of nitrogens with zero attached hydrogens (tertiary/aromatic N) is 2. The average Bonchev–Trinajstić information content (AvgIpc) is 2.39. The van der Waals surface area contributed by atoms with Crippen LogP contribution in [0.3, 0.4) is 0 Å². The van der Waals surface area contributed by atoms with Gasteiger partial charge in [0.05, 0.1) is 0 Å². The third kappa shape index (κ3) is 3.37. The van der Waals surface area contributed by atoms with Crippen LogP contribution in [-0.4, -0.2) is 23.9 Å². The molecule has 2 rings (SSSR count). The number of halogens is 1. The van der Waals surface area contributed by atoms with Gasteiger partial charge in [0.25, 0.3) is 5.91 Å². The first-order valence-electron chi connectivity index (χ1n) is 6.03. The van der Waals surface area contributed by atoms with Crippen LogP contribution in [-0.2, 0) is 11.3 Å². The minimum Gasteiger partial charge on any atom is -0.299 e. The molecule has 1 aromatic carbocycles. The molecular weight excluding hydrogens is 252 g/mol. The molecule has 0 saturated carbocycles. The molecule has 18 heavy (non-hydrogen) atoms. The van der Waals surface area contributed by atoms with Crippen LogP contribution < -0.4 is 0 Å². The quantitative estimate of drug-likeness (QED) is 0.791. The number of carbonyl (C=O) groups excluding carboxylic acids is 1. The van der Waals surface area contributed by atoms with Crippen LogP contribution in [0.4, 0.5) is 0 Å². The first-order valence-corrected chi connectivity index (χ1v) is 6.41. The van der Waals surface area contributed by atoms with E-state index in [1.54, 1.807) is 0 Å². The van der Waals surface area contributed by atoms with E-state index < -0.39 is 5.91 Å². The SMILES string of the molecule is O=NC(=O)C1CCN(Cc2cccc(Cl)c2)CC1. The lowest BCUT2D eigenvalue weighted by Gasteiger charge is -2.30. The van der Waals surface area contributed by atoms with E-state index in [-0.39, 0.29) is 5.92 Å². The van der Waals surface area contributed by atoms with Gasteiger partial charge in [-0.25, -0.2) is 0 Å². The summed E-state index contributed by atoms with van der Waals surface area (Å²) in [6.07, 6.45) is 1.43. The Labute approximate surface area is 111 Å². The third-order valence-electron chi connectivity index (χ3n) is 3.32. The van der Waals surface area contributed by atoms with Crippen LogP contribution in [0.2, 0.25) is 5.02 Å². The predicted molar refractivity (Wildman–Crippen MR) is 70.3 cm³/mol. The molecule has 1 amide bonds. The Hall–Kier alpha value is -1.26. The Bertz CT molecular complexity index is 442. The van der Waals surface area contributed by atoms with Crippen LogP contribution >= 0.6 is 11.6 Å². The van der Waals surface area contributed by atoms with Gasteiger partial charge in [0.2, 0.25) is 0 Å². The summed E-state index contributed by atoms with van der Waals surface area (Å²) in [7, 11) is 0. The van der Waals surface area contributed by atoms with Crippen molar-refractivity contribution in [1.82, 2.24) is 4.90 Å². The number of hydrogen-bond acceptors (Lipinski definition) is 3. The van der Waals surface area contributed by atoms with Crippen molar-refractivity contribution in [1.29, 1.82) is 0 Å². The average molecular weight is 267 g/mol. The molecule has 1 heterocycles. The van der Waals surface area contributed by atoms with Crippen molar-refractivity contribution in [3.63, 3.8) is 0 Å². The number of benzene rings is 1. The summed E-state index contributed by atoms with van der Waals surface area (Å²) in [6, 6.07) is 7.78. The molecule has 1 saturated heterocycles. The standard InChI is InChI=1S/C13H15ClN2O2/c14-12-3-1-2-10(8-12)9-16-6-4-11(5-7-16)13(17)15-18/h1-3,8,11H,4-7,9H2. The van der Waals surface area contributed by atoms with Crippen LogP contribution in [0, 0.1) is 10.8 Å². The predicted octanol–water partition coefficient (Wildman–Crippen LogP) is 2.85. The lowest BCUT2D eigenvalue weighted by atomic mass is 9.96. The molecule has 0 spiro atoms. The number of rotatable bonds is 3. The molecule has 1 aliphatic heterocycles. The van der Waals surface area contributed by atoms with Crippen molar-refractivity contribution in [3.8, 4) is 0 Å². The smallest absolute Gasteiger partial charge is 0.289 e.